The molecule has 17 heavy (non-hydrogen) atoms. The molecule has 2 aliphatic carbocycles. The number of rotatable bonds is 5. The fraction of sp³-hybridized carbons (Fsp3) is 0.929. The largest absolute Gasteiger partial charge is 0.396 e. The van der Waals surface area contributed by atoms with Crippen molar-refractivity contribution in [2.45, 2.75) is 51.4 Å². The van der Waals surface area contributed by atoms with Gasteiger partial charge in [-0.05, 0) is 43.9 Å². The standard InChI is InChI=1S/C14H25NO2/c16-10-12-4-6-13(7-5-12)14(17)15-9-8-11-2-1-3-11/h11-13,16H,1-10H2,(H,15,17). The lowest BCUT2D eigenvalue weighted by molar-refractivity contribution is -0.126. The molecule has 2 rings (SSSR count). The van der Waals surface area contributed by atoms with Crippen molar-refractivity contribution in [3.63, 3.8) is 0 Å². The van der Waals surface area contributed by atoms with E-state index >= 15 is 0 Å². The average molecular weight is 239 g/mol. The number of nitrogens with one attached hydrogen (secondary N) is 1. The molecule has 0 spiro atoms. The van der Waals surface area contributed by atoms with E-state index in [4.69, 9.17) is 5.11 Å². The summed E-state index contributed by atoms with van der Waals surface area (Å²) in [6, 6.07) is 0. The minimum atomic E-state index is 0.208. The van der Waals surface area contributed by atoms with Gasteiger partial charge in [0.15, 0.2) is 0 Å². The lowest BCUT2D eigenvalue weighted by atomic mass is 9.81. The maximum Gasteiger partial charge on any atom is 0.223 e. The Hall–Kier alpha value is -0.570. The van der Waals surface area contributed by atoms with E-state index in [1.54, 1.807) is 0 Å². The Balaban J connectivity index is 1.59. The lowest BCUT2D eigenvalue weighted by Gasteiger charge is -2.28. The van der Waals surface area contributed by atoms with E-state index in [1.807, 2.05) is 0 Å². The number of aliphatic hydroxyl groups is 1. The molecule has 0 heterocycles. The number of aliphatic hydroxyl groups excluding tert-OH is 1. The highest BCUT2D eigenvalue weighted by Gasteiger charge is 2.26. The van der Waals surface area contributed by atoms with Crippen LogP contribution in [0.3, 0.4) is 0 Å². The Labute approximate surface area is 104 Å². The van der Waals surface area contributed by atoms with Crippen molar-refractivity contribution in [1.29, 1.82) is 0 Å². The van der Waals surface area contributed by atoms with Gasteiger partial charge in [-0.15, -0.1) is 0 Å². The second-order valence-electron chi connectivity index (χ2n) is 5.78. The van der Waals surface area contributed by atoms with Gasteiger partial charge in [-0.25, -0.2) is 0 Å². The molecule has 2 aliphatic rings. The normalized spacial score (nSPS) is 29.7. The smallest absolute Gasteiger partial charge is 0.223 e. The summed E-state index contributed by atoms with van der Waals surface area (Å²) in [7, 11) is 0. The Morgan fingerprint density at radius 2 is 1.76 bits per heavy atom. The van der Waals surface area contributed by atoms with Gasteiger partial charge in [0.1, 0.15) is 0 Å². The zero-order chi connectivity index (χ0) is 12.1. The zero-order valence-corrected chi connectivity index (χ0v) is 10.7. The van der Waals surface area contributed by atoms with Crippen LogP contribution in [0.1, 0.15) is 51.4 Å². The van der Waals surface area contributed by atoms with Crippen molar-refractivity contribution in [2.24, 2.45) is 17.8 Å². The summed E-state index contributed by atoms with van der Waals surface area (Å²) in [6.07, 6.45) is 9.20. The van der Waals surface area contributed by atoms with Crippen molar-refractivity contribution in [2.75, 3.05) is 13.2 Å². The molecule has 0 aliphatic heterocycles. The number of carbonyl (C=O) groups excluding carboxylic acids is 1. The van der Waals surface area contributed by atoms with Crippen LogP contribution in [0.2, 0.25) is 0 Å². The van der Waals surface area contributed by atoms with Gasteiger partial charge in [0.05, 0.1) is 0 Å². The van der Waals surface area contributed by atoms with Gasteiger partial charge in [0.25, 0.3) is 0 Å². The summed E-state index contributed by atoms with van der Waals surface area (Å²) >= 11 is 0. The molecule has 3 heteroatoms. The van der Waals surface area contributed by atoms with E-state index in [2.05, 4.69) is 5.32 Å². The van der Waals surface area contributed by atoms with E-state index in [-0.39, 0.29) is 18.4 Å². The van der Waals surface area contributed by atoms with Gasteiger partial charge in [0.2, 0.25) is 5.91 Å². The lowest BCUT2D eigenvalue weighted by Crippen LogP contribution is -2.35. The van der Waals surface area contributed by atoms with Crippen molar-refractivity contribution < 1.29 is 9.90 Å². The summed E-state index contributed by atoms with van der Waals surface area (Å²) in [4.78, 5) is 11.9. The predicted octanol–water partition coefficient (Wildman–Crippen LogP) is 2.09. The van der Waals surface area contributed by atoms with Crippen molar-refractivity contribution in [3.8, 4) is 0 Å². The highest BCUT2D eigenvalue weighted by Crippen LogP contribution is 2.30. The first-order valence-electron chi connectivity index (χ1n) is 7.18. The SMILES string of the molecule is O=C(NCCC1CCC1)C1CCC(CO)CC1. The first-order chi connectivity index (χ1) is 8.29. The van der Waals surface area contributed by atoms with Crippen LogP contribution in [0.25, 0.3) is 0 Å². The van der Waals surface area contributed by atoms with Gasteiger partial charge >= 0.3 is 0 Å². The summed E-state index contributed by atoms with van der Waals surface area (Å²) in [6.45, 7) is 1.15. The van der Waals surface area contributed by atoms with Crippen molar-refractivity contribution in [3.05, 3.63) is 0 Å². The number of hydrogen-bond acceptors (Lipinski definition) is 2. The monoisotopic (exact) mass is 239 g/mol. The summed E-state index contributed by atoms with van der Waals surface area (Å²) in [5.74, 6) is 1.77. The fourth-order valence-corrected chi connectivity index (χ4v) is 2.93. The third kappa shape index (κ3) is 3.70. The Morgan fingerprint density at radius 3 is 2.29 bits per heavy atom. The highest BCUT2D eigenvalue weighted by molar-refractivity contribution is 5.78. The fourth-order valence-electron chi connectivity index (χ4n) is 2.93. The molecule has 1 amide bonds. The van der Waals surface area contributed by atoms with Crippen LogP contribution in [0, 0.1) is 17.8 Å². The van der Waals surface area contributed by atoms with Crippen LogP contribution >= 0.6 is 0 Å². The summed E-state index contributed by atoms with van der Waals surface area (Å²) in [5, 5.41) is 12.1. The predicted molar refractivity (Wildman–Crippen MR) is 67.5 cm³/mol. The van der Waals surface area contributed by atoms with Gasteiger partial charge in [-0.1, -0.05) is 19.3 Å². The first-order valence-corrected chi connectivity index (χ1v) is 7.18. The Kier molecular flexibility index (Phi) is 4.84. The minimum Gasteiger partial charge on any atom is -0.396 e. The molecule has 3 nitrogen and oxygen atoms in total. The van der Waals surface area contributed by atoms with Crippen LogP contribution in [0.4, 0.5) is 0 Å². The number of amides is 1. The van der Waals surface area contributed by atoms with E-state index in [1.165, 1.54) is 19.3 Å². The average Bonchev–Trinajstić information content (AvgIpc) is 2.32. The molecule has 0 radical (unpaired) electrons. The molecule has 0 atom stereocenters. The molecule has 0 bridgehead atoms. The quantitative estimate of drug-likeness (QED) is 0.772. The third-order valence-electron chi connectivity index (χ3n) is 4.55. The van der Waals surface area contributed by atoms with E-state index in [0.717, 1.165) is 44.6 Å². The topological polar surface area (TPSA) is 49.3 Å². The molecule has 0 aromatic carbocycles. The van der Waals surface area contributed by atoms with Gasteiger partial charge in [0, 0.05) is 19.1 Å². The van der Waals surface area contributed by atoms with Crippen molar-refractivity contribution >= 4 is 5.91 Å². The Bertz CT molecular complexity index is 243. The van der Waals surface area contributed by atoms with Crippen LogP contribution < -0.4 is 5.32 Å². The summed E-state index contributed by atoms with van der Waals surface area (Å²) in [5.41, 5.74) is 0. The Morgan fingerprint density at radius 1 is 1.06 bits per heavy atom. The second-order valence-corrected chi connectivity index (χ2v) is 5.78. The molecule has 0 aromatic heterocycles. The summed E-state index contributed by atoms with van der Waals surface area (Å²) < 4.78 is 0. The molecule has 0 unspecified atom stereocenters. The zero-order valence-electron chi connectivity index (χ0n) is 10.7. The van der Waals surface area contributed by atoms with Gasteiger partial charge < -0.3 is 10.4 Å². The molecule has 2 N–H and O–H groups in total. The maximum absolute atomic E-state index is 11.9. The second kappa shape index (κ2) is 6.39. The molecule has 0 saturated heterocycles. The van der Waals surface area contributed by atoms with Gasteiger partial charge in [-0.2, -0.15) is 0 Å². The van der Waals surface area contributed by atoms with Crippen LogP contribution in [-0.4, -0.2) is 24.2 Å². The van der Waals surface area contributed by atoms with Crippen LogP contribution in [0.15, 0.2) is 0 Å². The molecular weight excluding hydrogens is 214 g/mol. The van der Waals surface area contributed by atoms with Crippen LogP contribution in [-0.2, 0) is 4.79 Å². The van der Waals surface area contributed by atoms with Gasteiger partial charge in [-0.3, -0.25) is 4.79 Å². The molecule has 0 aromatic rings. The van der Waals surface area contributed by atoms with Crippen molar-refractivity contribution in [1.82, 2.24) is 5.32 Å². The first kappa shape index (κ1) is 12.9. The molecule has 2 fully saturated rings. The van der Waals surface area contributed by atoms with Crippen LogP contribution in [0.5, 0.6) is 0 Å². The molecular formula is C14H25NO2. The molecule has 98 valence electrons. The minimum absolute atomic E-state index is 0.208. The van der Waals surface area contributed by atoms with E-state index in [0.29, 0.717) is 5.92 Å². The molecule has 2 saturated carbocycles. The van der Waals surface area contributed by atoms with E-state index < -0.39 is 0 Å². The maximum atomic E-state index is 11.9. The third-order valence-corrected chi connectivity index (χ3v) is 4.55. The number of hydrogen-bond donors (Lipinski definition) is 2. The number of carbonyl (C=O) groups is 1. The highest BCUT2D eigenvalue weighted by atomic mass is 16.3. The van der Waals surface area contributed by atoms with E-state index in [9.17, 15) is 4.79 Å².